The summed E-state index contributed by atoms with van der Waals surface area (Å²) in [7, 11) is 0. The molecule has 0 aliphatic carbocycles. The van der Waals surface area contributed by atoms with Gasteiger partial charge in [-0.25, -0.2) is 0 Å². The first kappa shape index (κ1) is 63.9. The molecule has 0 saturated carbocycles. The standard InChI is InChI=1S/C52H40.C51H38/c1-52(2,3)45-29-27-36(28-30-45)50-46-19-7-9-21-48(46)51(49-22-10-8-20-47(49)50)44-26-25-42-33-41(23-24-43(42)34-44)40-18-12-17-39(32-40)38-16-11-15-37(31-38)35-13-5-4-6-14-35;1-33-28-34(2)49(35(3)29-33)51-46-20-12-10-18-44(46)50(45-19-11-13-21-47(45)51)42-25-23-38-30-41(24-22-39(38)31-42)48-32-40(36-14-6-4-7-15-36)26-27-43(48)37-16-8-5-9-17-37/h4-34H,1-3H3;4-32H,1-3H3. The van der Waals surface area contributed by atoms with Crippen LogP contribution in [0.2, 0.25) is 0 Å². The van der Waals surface area contributed by atoms with E-state index in [1.54, 1.807) is 0 Å². The summed E-state index contributed by atoms with van der Waals surface area (Å²) in [6, 6.07) is 134. The van der Waals surface area contributed by atoms with Crippen LogP contribution in [0.15, 0.2) is 364 Å². The van der Waals surface area contributed by atoms with Crippen LogP contribution < -0.4 is 0 Å². The molecule has 0 atom stereocenters. The first-order chi connectivity index (χ1) is 50.4. The average molecular weight is 1320 g/mol. The second-order valence-electron chi connectivity index (χ2n) is 28.9. The highest BCUT2D eigenvalue weighted by Gasteiger charge is 2.22. The van der Waals surface area contributed by atoms with Crippen LogP contribution in [-0.4, -0.2) is 0 Å². The maximum atomic E-state index is 2.38. The summed E-state index contributed by atoms with van der Waals surface area (Å²) in [4.78, 5) is 0. The molecule has 0 heteroatoms. The third kappa shape index (κ3) is 12.3. The van der Waals surface area contributed by atoms with Crippen molar-refractivity contribution in [2.24, 2.45) is 0 Å². The van der Waals surface area contributed by atoms with E-state index in [1.165, 1.54) is 198 Å². The van der Waals surface area contributed by atoms with Crippen LogP contribution in [0.5, 0.6) is 0 Å². The van der Waals surface area contributed by atoms with Crippen LogP contribution in [-0.2, 0) is 5.41 Å². The Labute approximate surface area is 605 Å². The van der Waals surface area contributed by atoms with Gasteiger partial charge < -0.3 is 0 Å². The van der Waals surface area contributed by atoms with Crippen molar-refractivity contribution in [1.29, 1.82) is 0 Å². The predicted octanol–water partition coefficient (Wildman–Crippen LogP) is 29.2. The summed E-state index contributed by atoms with van der Waals surface area (Å²) in [5.41, 5.74) is 30.4. The molecule has 18 rings (SSSR count). The Bertz CT molecular complexity index is 6130. The van der Waals surface area contributed by atoms with E-state index in [4.69, 9.17) is 0 Å². The van der Waals surface area contributed by atoms with Gasteiger partial charge in [0.15, 0.2) is 0 Å². The van der Waals surface area contributed by atoms with Crippen LogP contribution in [0.3, 0.4) is 0 Å². The highest BCUT2D eigenvalue weighted by atomic mass is 14.3. The van der Waals surface area contributed by atoms with E-state index in [1.807, 2.05) is 0 Å². The van der Waals surface area contributed by atoms with Gasteiger partial charge in [-0.05, 0) is 261 Å². The lowest BCUT2D eigenvalue weighted by Crippen LogP contribution is -2.10. The predicted molar refractivity (Wildman–Crippen MR) is 445 cm³/mol. The summed E-state index contributed by atoms with van der Waals surface area (Å²) in [5.74, 6) is 0. The largest absolute Gasteiger partial charge is 0.0622 e. The fourth-order valence-corrected chi connectivity index (χ4v) is 16.2. The lowest BCUT2D eigenvalue weighted by atomic mass is 9.83. The molecular weight excluding hydrogens is 1240 g/mol. The van der Waals surface area contributed by atoms with Crippen molar-refractivity contribution in [2.45, 2.75) is 47.0 Å². The van der Waals surface area contributed by atoms with Crippen molar-refractivity contribution >= 4 is 64.6 Å². The van der Waals surface area contributed by atoms with Gasteiger partial charge in [0.1, 0.15) is 0 Å². The van der Waals surface area contributed by atoms with Crippen LogP contribution in [0.4, 0.5) is 0 Å². The quantitative estimate of drug-likeness (QED) is 0.120. The Morgan fingerprint density at radius 1 is 0.175 bits per heavy atom. The van der Waals surface area contributed by atoms with Gasteiger partial charge in [-0.3, -0.25) is 0 Å². The molecule has 18 aromatic rings. The molecule has 0 aliphatic rings. The van der Waals surface area contributed by atoms with Crippen LogP contribution in [0.25, 0.3) is 176 Å². The minimum Gasteiger partial charge on any atom is -0.0622 e. The topological polar surface area (TPSA) is 0 Å². The van der Waals surface area contributed by atoms with Crippen molar-refractivity contribution < 1.29 is 0 Å². The Balaban J connectivity index is 0.000000153. The lowest BCUT2D eigenvalue weighted by Gasteiger charge is -2.21. The second-order valence-corrected chi connectivity index (χ2v) is 28.9. The van der Waals surface area contributed by atoms with E-state index in [0.717, 1.165) is 0 Å². The van der Waals surface area contributed by atoms with Gasteiger partial charge in [0, 0.05) is 0 Å². The van der Waals surface area contributed by atoms with Gasteiger partial charge in [0.05, 0.1) is 0 Å². The van der Waals surface area contributed by atoms with E-state index in [0.29, 0.717) is 0 Å². The van der Waals surface area contributed by atoms with Crippen LogP contribution >= 0.6 is 0 Å². The molecule has 490 valence electrons. The number of rotatable bonds is 10. The Kier molecular flexibility index (Phi) is 16.7. The molecule has 0 aromatic heterocycles. The summed E-state index contributed by atoms with van der Waals surface area (Å²) in [6.45, 7) is 13.5. The second kappa shape index (κ2) is 26.9. The van der Waals surface area contributed by atoms with Crippen molar-refractivity contribution in [1.82, 2.24) is 0 Å². The molecule has 0 aliphatic heterocycles. The van der Waals surface area contributed by atoms with Gasteiger partial charge in [-0.2, -0.15) is 0 Å². The van der Waals surface area contributed by atoms with E-state index < -0.39 is 0 Å². The van der Waals surface area contributed by atoms with Gasteiger partial charge in [-0.15, -0.1) is 0 Å². The number of benzene rings is 18. The van der Waals surface area contributed by atoms with E-state index >= 15 is 0 Å². The molecule has 0 amide bonds. The fourth-order valence-electron chi connectivity index (χ4n) is 16.2. The highest BCUT2D eigenvalue weighted by molar-refractivity contribution is 6.23. The number of hydrogen-bond donors (Lipinski definition) is 0. The van der Waals surface area contributed by atoms with Crippen molar-refractivity contribution in [3.8, 4) is 111 Å². The Morgan fingerprint density at radius 3 is 0.883 bits per heavy atom. The van der Waals surface area contributed by atoms with Gasteiger partial charge in [0.2, 0.25) is 0 Å². The number of fused-ring (bicyclic) bond motifs is 6. The first-order valence-corrected chi connectivity index (χ1v) is 36.1. The number of aryl methyl sites for hydroxylation is 3. The molecule has 0 fully saturated rings. The molecule has 0 heterocycles. The number of hydrogen-bond acceptors (Lipinski definition) is 0. The third-order valence-corrected chi connectivity index (χ3v) is 21.1. The van der Waals surface area contributed by atoms with E-state index in [9.17, 15) is 0 Å². The van der Waals surface area contributed by atoms with Crippen molar-refractivity contribution in [3.05, 3.63) is 386 Å². The summed E-state index contributed by atoms with van der Waals surface area (Å²) in [6.07, 6.45) is 0. The monoisotopic (exact) mass is 1310 g/mol. The lowest BCUT2D eigenvalue weighted by molar-refractivity contribution is 0.590. The van der Waals surface area contributed by atoms with Crippen molar-refractivity contribution in [2.75, 3.05) is 0 Å². The maximum Gasteiger partial charge on any atom is -0.00210 e. The summed E-state index contributed by atoms with van der Waals surface area (Å²) >= 11 is 0. The van der Waals surface area contributed by atoms with E-state index in [2.05, 4.69) is 406 Å². The molecule has 0 spiro atoms. The Morgan fingerprint density at radius 2 is 0.466 bits per heavy atom. The average Bonchev–Trinajstić information content (AvgIpc) is 0.733. The molecule has 0 saturated heterocycles. The van der Waals surface area contributed by atoms with Gasteiger partial charge >= 0.3 is 0 Å². The fraction of sp³-hybridized carbons (Fsp3) is 0.0680. The van der Waals surface area contributed by atoms with Gasteiger partial charge in [-0.1, -0.05) is 348 Å². The minimum absolute atomic E-state index is 0.114. The minimum atomic E-state index is 0.114. The smallest absolute Gasteiger partial charge is 0.00210 e. The highest BCUT2D eigenvalue weighted by Crippen LogP contribution is 2.49. The molecule has 18 aromatic carbocycles. The SMILES string of the molecule is CC(C)(C)c1ccc(-c2c3ccccc3c(-c3ccc4cc(-c5cccc(-c6cccc(-c7ccccc7)c6)c5)ccc4c3)c3ccccc23)cc1.Cc1cc(C)c(-c2c3ccccc3c(-c3ccc4cc(-c5cc(-c6ccccc6)ccc5-c5ccccc5)ccc4c3)c3ccccc23)c(C)c1. The third-order valence-electron chi connectivity index (χ3n) is 21.1. The van der Waals surface area contributed by atoms with Crippen LogP contribution in [0, 0.1) is 20.8 Å². The zero-order chi connectivity index (χ0) is 69.7. The molecule has 0 bridgehead atoms. The molecule has 0 N–H and O–H groups in total. The normalized spacial score (nSPS) is 11.6. The summed E-state index contributed by atoms with van der Waals surface area (Å²) in [5, 5.41) is 15.2. The first-order valence-electron chi connectivity index (χ1n) is 36.1. The molecular formula is C103H78. The molecule has 0 unspecified atom stereocenters. The zero-order valence-corrected chi connectivity index (χ0v) is 59.1. The zero-order valence-electron chi connectivity index (χ0n) is 59.1. The van der Waals surface area contributed by atoms with Crippen LogP contribution in [0.1, 0.15) is 43.0 Å². The van der Waals surface area contributed by atoms with Crippen molar-refractivity contribution in [3.63, 3.8) is 0 Å². The van der Waals surface area contributed by atoms with E-state index in [-0.39, 0.29) is 5.41 Å². The molecule has 103 heavy (non-hydrogen) atoms. The molecule has 0 nitrogen and oxygen atoms in total. The maximum absolute atomic E-state index is 2.38. The molecule has 0 radical (unpaired) electrons. The van der Waals surface area contributed by atoms with Gasteiger partial charge in [0.25, 0.3) is 0 Å². The summed E-state index contributed by atoms with van der Waals surface area (Å²) < 4.78 is 0. The Hall–Kier alpha value is -12.5.